The van der Waals surface area contributed by atoms with E-state index in [9.17, 15) is 0 Å². The van der Waals surface area contributed by atoms with E-state index >= 15 is 0 Å². The molecule has 3 heterocycles. The number of nitrogens with one attached hydrogen (secondary N) is 2. The minimum atomic E-state index is 0.242. The maximum absolute atomic E-state index is 5.81. The van der Waals surface area contributed by atoms with Crippen LogP contribution in [0.4, 0.5) is 5.82 Å². The Bertz CT molecular complexity index is 604. The number of piperidine rings is 1. The molecule has 2 atom stereocenters. The molecule has 156 valence electrons. The zero-order chi connectivity index (χ0) is 19.8. The zero-order valence-electron chi connectivity index (χ0n) is 17.7. The predicted molar refractivity (Wildman–Crippen MR) is 115 cm³/mol. The van der Waals surface area contributed by atoms with Crippen molar-refractivity contribution in [1.29, 1.82) is 0 Å². The van der Waals surface area contributed by atoms with Crippen LogP contribution in [0.3, 0.4) is 0 Å². The van der Waals surface area contributed by atoms with Crippen molar-refractivity contribution < 1.29 is 4.74 Å². The average molecular weight is 389 g/mol. The largest absolute Gasteiger partial charge is 0.372 e. The summed E-state index contributed by atoms with van der Waals surface area (Å²) >= 11 is 0. The van der Waals surface area contributed by atoms with Crippen molar-refractivity contribution in [3.63, 3.8) is 0 Å². The van der Waals surface area contributed by atoms with Crippen molar-refractivity contribution in [3.8, 4) is 0 Å². The van der Waals surface area contributed by atoms with Crippen LogP contribution in [0, 0.1) is 0 Å². The van der Waals surface area contributed by atoms with Gasteiger partial charge in [-0.1, -0.05) is 12.5 Å². The quantitative estimate of drug-likeness (QED) is 0.573. The summed E-state index contributed by atoms with van der Waals surface area (Å²) in [5.41, 5.74) is 1.15. The molecule has 2 N–H and O–H groups in total. The molecule has 7 nitrogen and oxygen atoms in total. The third-order valence-electron chi connectivity index (χ3n) is 5.41. The molecule has 2 aliphatic rings. The van der Waals surface area contributed by atoms with E-state index in [0.717, 1.165) is 43.5 Å². The van der Waals surface area contributed by atoms with Crippen LogP contribution in [0.25, 0.3) is 0 Å². The summed E-state index contributed by atoms with van der Waals surface area (Å²) in [7, 11) is 1.82. The van der Waals surface area contributed by atoms with Gasteiger partial charge in [0.05, 0.1) is 12.2 Å². The van der Waals surface area contributed by atoms with E-state index in [1.165, 1.54) is 32.4 Å². The monoisotopic (exact) mass is 388 g/mol. The number of hydrogen-bond donors (Lipinski definition) is 2. The Hall–Kier alpha value is -1.86. The Labute approximate surface area is 169 Å². The van der Waals surface area contributed by atoms with Crippen LogP contribution in [0.15, 0.2) is 23.3 Å². The molecule has 0 bridgehead atoms. The standard InChI is InChI=1S/C21H36N6O/c1-17-15-27(16-18(2)28-17)20-8-7-19(13-24-20)14-25-21(22-3)23-9-12-26-10-5-4-6-11-26/h7-8,13,17-18H,4-6,9-12,14-16H2,1-3H3,(H2,22,23,25). The third kappa shape index (κ3) is 6.34. The number of ether oxygens (including phenoxy) is 1. The maximum Gasteiger partial charge on any atom is 0.191 e. The maximum atomic E-state index is 5.81. The number of aliphatic imine (C=N–C) groups is 1. The topological polar surface area (TPSA) is 65.0 Å². The molecule has 0 saturated carbocycles. The molecule has 0 amide bonds. The minimum Gasteiger partial charge on any atom is -0.372 e. The molecule has 0 radical (unpaired) electrons. The summed E-state index contributed by atoms with van der Waals surface area (Å²) in [4.78, 5) is 13.8. The lowest BCUT2D eigenvalue weighted by atomic mass is 10.1. The number of aromatic nitrogens is 1. The molecule has 1 aromatic heterocycles. The van der Waals surface area contributed by atoms with Crippen LogP contribution in [0.1, 0.15) is 38.7 Å². The fraction of sp³-hybridized carbons (Fsp3) is 0.714. The normalized spacial score (nSPS) is 24.2. The number of likely N-dealkylation sites (tertiary alicyclic amines) is 1. The Morgan fingerprint density at radius 1 is 1.14 bits per heavy atom. The van der Waals surface area contributed by atoms with Gasteiger partial charge in [0.2, 0.25) is 0 Å². The van der Waals surface area contributed by atoms with Crippen LogP contribution >= 0.6 is 0 Å². The van der Waals surface area contributed by atoms with E-state index < -0.39 is 0 Å². The molecule has 0 spiro atoms. The van der Waals surface area contributed by atoms with Crippen LogP contribution < -0.4 is 15.5 Å². The van der Waals surface area contributed by atoms with Gasteiger partial charge in [-0.2, -0.15) is 0 Å². The van der Waals surface area contributed by atoms with Crippen molar-refractivity contribution in [3.05, 3.63) is 23.9 Å². The van der Waals surface area contributed by atoms with E-state index in [4.69, 9.17) is 4.74 Å². The number of rotatable bonds is 6. The molecule has 0 aliphatic carbocycles. The smallest absolute Gasteiger partial charge is 0.191 e. The molecule has 28 heavy (non-hydrogen) atoms. The number of guanidine groups is 1. The Kier molecular flexibility index (Phi) is 7.91. The van der Waals surface area contributed by atoms with Gasteiger partial charge in [0.15, 0.2) is 5.96 Å². The zero-order valence-corrected chi connectivity index (χ0v) is 17.7. The second kappa shape index (κ2) is 10.6. The lowest BCUT2D eigenvalue weighted by Crippen LogP contribution is -2.45. The van der Waals surface area contributed by atoms with Gasteiger partial charge >= 0.3 is 0 Å². The molecule has 7 heteroatoms. The van der Waals surface area contributed by atoms with E-state index in [1.54, 1.807) is 0 Å². The average Bonchev–Trinajstić information content (AvgIpc) is 2.71. The summed E-state index contributed by atoms with van der Waals surface area (Å²) < 4.78 is 5.81. The highest BCUT2D eigenvalue weighted by Crippen LogP contribution is 2.18. The lowest BCUT2D eigenvalue weighted by molar-refractivity contribution is -0.00545. The van der Waals surface area contributed by atoms with Crippen molar-refractivity contribution in [2.24, 2.45) is 4.99 Å². The fourth-order valence-electron chi connectivity index (χ4n) is 4.00. The van der Waals surface area contributed by atoms with Gasteiger partial charge in [-0.15, -0.1) is 0 Å². The molecule has 0 aromatic carbocycles. The Morgan fingerprint density at radius 3 is 2.54 bits per heavy atom. The predicted octanol–water partition coefficient (Wildman–Crippen LogP) is 1.85. The fourth-order valence-corrected chi connectivity index (χ4v) is 4.00. The first-order valence-electron chi connectivity index (χ1n) is 10.7. The summed E-state index contributed by atoms with van der Waals surface area (Å²) in [5.74, 6) is 1.87. The molecule has 2 fully saturated rings. The second-order valence-electron chi connectivity index (χ2n) is 7.94. The second-order valence-corrected chi connectivity index (χ2v) is 7.94. The molecule has 3 rings (SSSR count). The molecule has 1 aromatic rings. The van der Waals surface area contributed by atoms with E-state index in [2.05, 4.69) is 56.4 Å². The number of hydrogen-bond acceptors (Lipinski definition) is 5. The van der Waals surface area contributed by atoms with Crippen LogP contribution in [-0.2, 0) is 11.3 Å². The number of morpholine rings is 1. The first-order valence-corrected chi connectivity index (χ1v) is 10.7. The van der Waals surface area contributed by atoms with Crippen molar-refractivity contribution in [2.75, 3.05) is 51.2 Å². The van der Waals surface area contributed by atoms with E-state index in [0.29, 0.717) is 6.54 Å². The number of pyridine rings is 1. The molecule has 2 aliphatic heterocycles. The van der Waals surface area contributed by atoms with Gasteiger partial charge in [0.25, 0.3) is 0 Å². The van der Waals surface area contributed by atoms with Gasteiger partial charge in [-0.05, 0) is 51.4 Å². The van der Waals surface area contributed by atoms with Gasteiger partial charge < -0.3 is 25.2 Å². The first-order chi connectivity index (χ1) is 13.6. The summed E-state index contributed by atoms with van der Waals surface area (Å²) in [6.07, 6.45) is 6.48. The minimum absolute atomic E-state index is 0.242. The Balaban J connectivity index is 1.41. The Morgan fingerprint density at radius 2 is 1.89 bits per heavy atom. The van der Waals surface area contributed by atoms with Gasteiger partial charge in [-0.3, -0.25) is 4.99 Å². The van der Waals surface area contributed by atoms with Gasteiger partial charge in [0, 0.05) is 46.0 Å². The number of nitrogens with zero attached hydrogens (tertiary/aromatic N) is 4. The van der Waals surface area contributed by atoms with E-state index in [1.807, 2.05) is 13.2 Å². The van der Waals surface area contributed by atoms with Crippen molar-refractivity contribution in [1.82, 2.24) is 20.5 Å². The van der Waals surface area contributed by atoms with Crippen molar-refractivity contribution >= 4 is 11.8 Å². The van der Waals surface area contributed by atoms with Crippen molar-refractivity contribution in [2.45, 2.75) is 51.9 Å². The SMILES string of the molecule is CN=C(NCCN1CCCCC1)NCc1ccc(N2CC(C)OC(C)C2)nc1. The van der Waals surface area contributed by atoms with Crippen LogP contribution in [0.2, 0.25) is 0 Å². The highest BCUT2D eigenvalue weighted by Gasteiger charge is 2.22. The van der Waals surface area contributed by atoms with Gasteiger partial charge in [-0.25, -0.2) is 4.98 Å². The van der Waals surface area contributed by atoms with Crippen LogP contribution in [-0.4, -0.2) is 74.4 Å². The lowest BCUT2D eigenvalue weighted by Gasteiger charge is -2.36. The summed E-state index contributed by atoms with van der Waals surface area (Å²) in [6, 6.07) is 4.25. The number of anilines is 1. The summed E-state index contributed by atoms with van der Waals surface area (Å²) in [5, 5.41) is 6.80. The molecular weight excluding hydrogens is 352 g/mol. The molecule has 2 saturated heterocycles. The highest BCUT2D eigenvalue weighted by molar-refractivity contribution is 5.79. The molecular formula is C21H36N6O. The summed E-state index contributed by atoms with van der Waals surface area (Å²) in [6.45, 7) is 11.2. The van der Waals surface area contributed by atoms with Gasteiger partial charge in [0.1, 0.15) is 5.82 Å². The third-order valence-corrected chi connectivity index (χ3v) is 5.41. The first kappa shape index (κ1) is 20.9. The highest BCUT2D eigenvalue weighted by atomic mass is 16.5. The van der Waals surface area contributed by atoms with Crippen LogP contribution in [0.5, 0.6) is 0 Å². The van der Waals surface area contributed by atoms with E-state index in [-0.39, 0.29) is 12.2 Å². The molecule has 2 unspecified atom stereocenters.